The molecule has 0 aromatic rings. The van der Waals surface area contributed by atoms with E-state index in [0.29, 0.717) is 0 Å². The molecule has 70 valence electrons. The first-order valence-corrected chi connectivity index (χ1v) is 3.60. The molecule has 1 aliphatic rings. The summed E-state index contributed by atoms with van der Waals surface area (Å²) >= 11 is 0. The molecule has 1 aliphatic carbocycles. The monoisotopic (exact) mass is 177 g/mol. The Balaban J connectivity index is 2.91. The van der Waals surface area contributed by atoms with Crippen molar-refractivity contribution in [2.24, 2.45) is 5.73 Å². The number of hydrogen-bond acceptors (Lipinski definition) is 4. The lowest BCUT2D eigenvalue weighted by molar-refractivity contribution is -0.134. The molecule has 0 amide bonds. The number of rotatable bonds is 1. The van der Waals surface area contributed by atoms with E-state index in [9.17, 15) is 14.6 Å². The van der Waals surface area contributed by atoms with Crippen molar-refractivity contribution >= 4 is 0 Å². The molecule has 0 radical (unpaired) electrons. The molecular weight excluding hydrogens is 165 g/mol. The van der Waals surface area contributed by atoms with E-state index >= 15 is 0 Å². The van der Waals surface area contributed by atoms with Crippen LogP contribution in [0.5, 0.6) is 0 Å². The lowest BCUT2D eigenvalue weighted by Crippen LogP contribution is -2.62. The SMILES string of the molecule is N[C@@H]1C=C[C@@H](O)[C@H](O)[C@]1(O)CF. The van der Waals surface area contributed by atoms with Crippen LogP contribution in [0.1, 0.15) is 0 Å². The maximum absolute atomic E-state index is 12.3. The smallest absolute Gasteiger partial charge is 0.140 e. The van der Waals surface area contributed by atoms with Gasteiger partial charge in [0, 0.05) is 0 Å². The lowest BCUT2D eigenvalue weighted by Gasteiger charge is -2.38. The quantitative estimate of drug-likeness (QED) is 0.360. The molecule has 0 bridgehead atoms. The third-order valence-electron chi connectivity index (χ3n) is 2.14. The van der Waals surface area contributed by atoms with Gasteiger partial charge in [0.2, 0.25) is 0 Å². The van der Waals surface area contributed by atoms with Gasteiger partial charge in [0.1, 0.15) is 24.5 Å². The highest BCUT2D eigenvalue weighted by Gasteiger charge is 2.46. The largest absolute Gasteiger partial charge is 0.387 e. The van der Waals surface area contributed by atoms with E-state index in [1.807, 2.05) is 0 Å². The minimum atomic E-state index is -2.06. The molecule has 0 unspecified atom stereocenters. The Morgan fingerprint density at radius 3 is 2.42 bits per heavy atom. The van der Waals surface area contributed by atoms with Crippen LogP contribution >= 0.6 is 0 Å². The average Bonchev–Trinajstić information content (AvgIpc) is 2.08. The third-order valence-corrected chi connectivity index (χ3v) is 2.14. The van der Waals surface area contributed by atoms with E-state index in [0.717, 1.165) is 0 Å². The Bertz CT molecular complexity index is 199. The molecule has 12 heavy (non-hydrogen) atoms. The van der Waals surface area contributed by atoms with Gasteiger partial charge in [-0.3, -0.25) is 0 Å². The van der Waals surface area contributed by atoms with Crippen LogP contribution in [0.2, 0.25) is 0 Å². The number of nitrogens with two attached hydrogens (primary N) is 1. The number of hydrogen-bond donors (Lipinski definition) is 4. The van der Waals surface area contributed by atoms with Gasteiger partial charge < -0.3 is 21.1 Å². The van der Waals surface area contributed by atoms with Crippen LogP contribution in [0.25, 0.3) is 0 Å². The standard InChI is InChI=1S/C7H12FNO3/c8-3-7(12)5(9)2-1-4(10)6(7)11/h1-2,4-6,10-12H,3,9H2/t4-,5-,6+,7+/m1/s1. The number of alkyl halides is 1. The molecular formula is C7H12FNO3. The molecule has 0 heterocycles. The Labute approximate surface area is 69.1 Å². The van der Waals surface area contributed by atoms with Crippen molar-refractivity contribution in [3.63, 3.8) is 0 Å². The Hall–Kier alpha value is -0.490. The molecule has 0 fully saturated rings. The Morgan fingerprint density at radius 1 is 1.42 bits per heavy atom. The second kappa shape index (κ2) is 3.10. The molecule has 0 aromatic carbocycles. The third kappa shape index (κ3) is 1.25. The number of aliphatic hydroxyl groups is 3. The summed E-state index contributed by atoms with van der Waals surface area (Å²) in [4.78, 5) is 0. The minimum absolute atomic E-state index is 0.985. The van der Waals surface area contributed by atoms with E-state index in [2.05, 4.69) is 0 Å². The summed E-state index contributed by atoms with van der Waals surface area (Å²) in [7, 11) is 0. The molecule has 5 heteroatoms. The highest BCUT2D eigenvalue weighted by Crippen LogP contribution is 2.23. The first-order chi connectivity index (χ1) is 5.52. The summed E-state index contributed by atoms with van der Waals surface area (Å²) in [6.07, 6.45) is -0.316. The van der Waals surface area contributed by atoms with Crippen molar-refractivity contribution in [1.82, 2.24) is 0 Å². The maximum Gasteiger partial charge on any atom is 0.140 e. The zero-order valence-electron chi connectivity index (χ0n) is 6.39. The fraction of sp³-hybridized carbons (Fsp3) is 0.714. The van der Waals surface area contributed by atoms with Crippen molar-refractivity contribution in [3.05, 3.63) is 12.2 Å². The van der Waals surface area contributed by atoms with Gasteiger partial charge in [0.05, 0.1) is 6.04 Å². The van der Waals surface area contributed by atoms with Gasteiger partial charge in [-0.25, -0.2) is 4.39 Å². The van der Waals surface area contributed by atoms with Crippen LogP contribution in [0, 0.1) is 0 Å². The number of aliphatic hydroxyl groups excluding tert-OH is 2. The summed E-state index contributed by atoms with van der Waals surface area (Å²) in [5, 5.41) is 27.7. The predicted octanol–water partition coefficient (Wildman–Crippen LogP) is -1.69. The zero-order valence-corrected chi connectivity index (χ0v) is 6.39. The van der Waals surface area contributed by atoms with Crippen LogP contribution in [-0.2, 0) is 0 Å². The summed E-state index contributed by atoms with van der Waals surface area (Å²) in [5.41, 5.74) is 3.27. The van der Waals surface area contributed by atoms with Crippen molar-refractivity contribution in [2.45, 2.75) is 23.9 Å². The fourth-order valence-electron chi connectivity index (χ4n) is 1.17. The highest BCUT2D eigenvalue weighted by molar-refractivity contribution is 5.16. The van der Waals surface area contributed by atoms with Gasteiger partial charge in [0.15, 0.2) is 0 Å². The topological polar surface area (TPSA) is 86.7 Å². The van der Waals surface area contributed by atoms with Gasteiger partial charge in [-0.2, -0.15) is 0 Å². The molecule has 0 aromatic heterocycles. The normalized spacial score (nSPS) is 47.9. The first kappa shape index (κ1) is 9.60. The Morgan fingerprint density at radius 2 is 2.00 bits per heavy atom. The molecule has 0 saturated carbocycles. The van der Waals surface area contributed by atoms with Crippen LogP contribution < -0.4 is 5.73 Å². The average molecular weight is 177 g/mol. The minimum Gasteiger partial charge on any atom is -0.387 e. The first-order valence-electron chi connectivity index (χ1n) is 3.60. The van der Waals surface area contributed by atoms with Crippen molar-refractivity contribution in [2.75, 3.05) is 6.67 Å². The van der Waals surface area contributed by atoms with E-state index in [4.69, 9.17) is 10.8 Å². The van der Waals surface area contributed by atoms with Crippen molar-refractivity contribution < 1.29 is 19.7 Å². The van der Waals surface area contributed by atoms with Crippen molar-refractivity contribution in [3.8, 4) is 0 Å². The van der Waals surface area contributed by atoms with Crippen LogP contribution in [0.3, 0.4) is 0 Å². The van der Waals surface area contributed by atoms with Gasteiger partial charge in [-0.15, -0.1) is 0 Å². The van der Waals surface area contributed by atoms with Gasteiger partial charge >= 0.3 is 0 Å². The molecule has 1 rings (SSSR count). The van der Waals surface area contributed by atoms with Crippen LogP contribution in [0.4, 0.5) is 4.39 Å². The summed E-state index contributed by atoms with van der Waals surface area (Å²) in [6, 6.07) is -0.985. The summed E-state index contributed by atoms with van der Waals surface area (Å²) < 4.78 is 12.3. The molecule has 4 nitrogen and oxygen atoms in total. The number of halogens is 1. The second-order valence-electron chi connectivity index (χ2n) is 2.97. The van der Waals surface area contributed by atoms with E-state index in [1.165, 1.54) is 12.2 Å². The zero-order chi connectivity index (χ0) is 9.35. The molecule has 4 atom stereocenters. The lowest BCUT2D eigenvalue weighted by atomic mass is 9.82. The maximum atomic E-state index is 12.3. The molecule has 0 saturated heterocycles. The highest BCUT2D eigenvalue weighted by atomic mass is 19.1. The van der Waals surface area contributed by atoms with Gasteiger partial charge in [-0.05, 0) is 0 Å². The van der Waals surface area contributed by atoms with Crippen LogP contribution in [-0.4, -0.2) is 45.8 Å². The van der Waals surface area contributed by atoms with Gasteiger partial charge in [-0.1, -0.05) is 12.2 Å². The van der Waals surface area contributed by atoms with Crippen molar-refractivity contribution in [1.29, 1.82) is 0 Å². The van der Waals surface area contributed by atoms with Gasteiger partial charge in [0.25, 0.3) is 0 Å². The Kier molecular flexibility index (Phi) is 2.48. The predicted molar refractivity (Wildman–Crippen MR) is 40.1 cm³/mol. The molecule has 5 N–H and O–H groups in total. The van der Waals surface area contributed by atoms with Crippen LogP contribution in [0.15, 0.2) is 12.2 Å². The fourth-order valence-corrected chi connectivity index (χ4v) is 1.17. The molecule has 0 spiro atoms. The summed E-state index contributed by atoms with van der Waals surface area (Å²) in [5.74, 6) is 0. The van der Waals surface area contributed by atoms with E-state index in [1.54, 1.807) is 0 Å². The summed E-state index contributed by atoms with van der Waals surface area (Å²) in [6.45, 7) is -1.18. The van der Waals surface area contributed by atoms with E-state index < -0.39 is 30.5 Å². The molecule has 0 aliphatic heterocycles. The second-order valence-corrected chi connectivity index (χ2v) is 2.97. The van der Waals surface area contributed by atoms with E-state index in [-0.39, 0.29) is 0 Å².